The molecule has 2 saturated carbocycles. The summed E-state index contributed by atoms with van der Waals surface area (Å²) in [4.78, 5) is 17.2. The van der Waals surface area contributed by atoms with Crippen LogP contribution in [0, 0.1) is 0 Å². The van der Waals surface area contributed by atoms with Gasteiger partial charge in [0.05, 0.1) is 18.8 Å². The van der Waals surface area contributed by atoms with Gasteiger partial charge in [0.15, 0.2) is 0 Å². The van der Waals surface area contributed by atoms with Gasteiger partial charge in [-0.15, -0.1) is 0 Å². The molecule has 2 amide bonds. The van der Waals surface area contributed by atoms with Gasteiger partial charge in [0, 0.05) is 36.0 Å². The Morgan fingerprint density at radius 1 is 1.15 bits per heavy atom. The van der Waals surface area contributed by atoms with Crippen molar-refractivity contribution < 1.29 is 9.53 Å². The Morgan fingerprint density at radius 3 is 2.79 bits per heavy atom. The molecule has 0 bridgehead atoms. The standard InChI is InChI=1S/C25H27N5O2S/c1-32-22-13-16(9-11-26-22)21-14-20(15-5-6-15)18-3-2-4-19(18)24(21)27-25(31)29-33-23-10-12-30(28-23)17-7-8-17/h9-15,17H,2-8H2,1H3,(H2,27,29,31). The van der Waals surface area contributed by atoms with E-state index in [1.54, 1.807) is 13.3 Å². The summed E-state index contributed by atoms with van der Waals surface area (Å²) in [6, 6.07) is 8.45. The van der Waals surface area contributed by atoms with E-state index < -0.39 is 0 Å². The predicted molar refractivity (Wildman–Crippen MR) is 129 cm³/mol. The number of carbonyl (C=O) groups is 1. The fourth-order valence-corrected chi connectivity index (χ4v) is 5.30. The largest absolute Gasteiger partial charge is 0.481 e. The van der Waals surface area contributed by atoms with Crippen LogP contribution in [-0.2, 0) is 12.8 Å². The second-order valence-corrected chi connectivity index (χ2v) is 9.91. The Morgan fingerprint density at radius 2 is 2.00 bits per heavy atom. The molecule has 2 heterocycles. The number of anilines is 1. The van der Waals surface area contributed by atoms with E-state index in [0.717, 1.165) is 41.1 Å². The van der Waals surface area contributed by atoms with Crippen LogP contribution in [0.1, 0.15) is 60.8 Å². The summed E-state index contributed by atoms with van der Waals surface area (Å²) >= 11 is 1.25. The van der Waals surface area contributed by atoms with Crippen molar-refractivity contribution in [1.29, 1.82) is 0 Å². The fourth-order valence-electron chi connectivity index (χ4n) is 4.79. The van der Waals surface area contributed by atoms with E-state index in [9.17, 15) is 4.79 Å². The highest BCUT2D eigenvalue weighted by Gasteiger charge is 2.32. The predicted octanol–water partition coefficient (Wildman–Crippen LogP) is 5.48. The zero-order valence-corrected chi connectivity index (χ0v) is 19.5. The lowest BCUT2D eigenvalue weighted by atomic mass is 9.91. The molecule has 0 spiro atoms. The second-order valence-electron chi connectivity index (χ2n) is 9.08. The molecule has 2 N–H and O–H groups in total. The zero-order valence-electron chi connectivity index (χ0n) is 18.6. The molecule has 7 nitrogen and oxygen atoms in total. The number of aromatic nitrogens is 3. The lowest BCUT2D eigenvalue weighted by molar-refractivity contribution is 0.257. The minimum atomic E-state index is -0.239. The fraction of sp³-hybridized carbons (Fsp3) is 0.400. The van der Waals surface area contributed by atoms with E-state index in [0.29, 0.717) is 17.8 Å². The van der Waals surface area contributed by atoms with Crippen LogP contribution in [0.2, 0.25) is 0 Å². The van der Waals surface area contributed by atoms with Crippen molar-refractivity contribution in [3.8, 4) is 17.0 Å². The van der Waals surface area contributed by atoms with Crippen molar-refractivity contribution >= 4 is 23.7 Å². The molecule has 33 heavy (non-hydrogen) atoms. The summed E-state index contributed by atoms with van der Waals surface area (Å²) in [6.07, 6.45) is 11.8. The van der Waals surface area contributed by atoms with Gasteiger partial charge in [0.1, 0.15) is 5.03 Å². The van der Waals surface area contributed by atoms with Crippen molar-refractivity contribution in [3.63, 3.8) is 0 Å². The number of urea groups is 1. The lowest BCUT2D eigenvalue weighted by Gasteiger charge is -2.19. The summed E-state index contributed by atoms with van der Waals surface area (Å²) in [7, 11) is 1.62. The van der Waals surface area contributed by atoms with Gasteiger partial charge in [-0.3, -0.25) is 9.40 Å². The minimum Gasteiger partial charge on any atom is -0.481 e. The third kappa shape index (κ3) is 4.19. The molecule has 3 aliphatic carbocycles. The topological polar surface area (TPSA) is 81.1 Å². The van der Waals surface area contributed by atoms with Crippen molar-refractivity contribution in [3.05, 3.63) is 53.3 Å². The third-order valence-electron chi connectivity index (χ3n) is 6.70. The normalized spacial score (nSPS) is 17.0. The zero-order chi connectivity index (χ0) is 22.4. The molecule has 0 atom stereocenters. The van der Waals surface area contributed by atoms with Crippen LogP contribution >= 0.6 is 11.9 Å². The number of hydrogen-bond acceptors (Lipinski definition) is 5. The highest BCUT2D eigenvalue weighted by Crippen LogP contribution is 2.49. The number of pyridine rings is 1. The number of fused-ring (bicyclic) bond motifs is 1. The van der Waals surface area contributed by atoms with E-state index >= 15 is 0 Å². The first kappa shape index (κ1) is 20.6. The van der Waals surface area contributed by atoms with Crippen molar-refractivity contribution in [2.24, 2.45) is 0 Å². The van der Waals surface area contributed by atoms with E-state index in [1.165, 1.54) is 54.3 Å². The SMILES string of the molecule is COc1cc(-c2cc(C3CC3)c3c(c2NC(=O)NSc2ccn(C4CC4)n2)CCC3)ccn1. The third-order valence-corrected chi connectivity index (χ3v) is 7.42. The van der Waals surface area contributed by atoms with E-state index in [2.05, 4.69) is 26.2 Å². The number of rotatable bonds is 7. The lowest BCUT2D eigenvalue weighted by Crippen LogP contribution is -2.24. The van der Waals surface area contributed by atoms with Crippen molar-refractivity contribution in [2.75, 3.05) is 12.4 Å². The number of ether oxygens (including phenoxy) is 1. The van der Waals surface area contributed by atoms with Gasteiger partial charge in [-0.25, -0.2) is 9.78 Å². The summed E-state index contributed by atoms with van der Waals surface area (Å²) in [5.41, 5.74) is 7.12. The van der Waals surface area contributed by atoms with Gasteiger partial charge < -0.3 is 10.1 Å². The maximum atomic E-state index is 13.0. The molecule has 3 aliphatic rings. The Balaban J connectivity index is 1.30. The second kappa shape index (κ2) is 8.41. The average molecular weight is 462 g/mol. The first-order valence-corrected chi connectivity index (χ1v) is 12.5. The highest BCUT2D eigenvalue weighted by atomic mass is 32.2. The molecular formula is C25H27N5O2S. The van der Waals surface area contributed by atoms with Gasteiger partial charge in [-0.1, -0.05) is 0 Å². The van der Waals surface area contributed by atoms with Crippen LogP contribution in [0.3, 0.4) is 0 Å². The molecule has 0 unspecified atom stereocenters. The number of amides is 2. The molecule has 6 rings (SSSR count). The molecule has 0 radical (unpaired) electrons. The summed E-state index contributed by atoms with van der Waals surface area (Å²) in [6.45, 7) is 0. The molecular weight excluding hydrogens is 434 g/mol. The molecule has 0 saturated heterocycles. The van der Waals surface area contributed by atoms with Crippen LogP contribution in [-0.4, -0.2) is 27.9 Å². The molecule has 2 fully saturated rings. The Hall–Kier alpha value is -3.00. The molecule has 8 heteroatoms. The summed E-state index contributed by atoms with van der Waals surface area (Å²) in [5, 5.41) is 8.52. The van der Waals surface area contributed by atoms with Crippen LogP contribution in [0.25, 0.3) is 11.1 Å². The number of methoxy groups -OCH3 is 1. The van der Waals surface area contributed by atoms with E-state index in [4.69, 9.17) is 4.74 Å². The van der Waals surface area contributed by atoms with Crippen molar-refractivity contribution in [1.82, 2.24) is 19.5 Å². The Labute approximate surface area is 197 Å². The van der Waals surface area contributed by atoms with Gasteiger partial charge >= 0.3 is 6.03 Å². The monoisotopic (exact) mass is 461 g/mol. The molecule has 0 aliphatic heterocycles. The van der Waals surface area contributed by atoms with Crippen LogP contribution < -0.4 is 14.8 Å². The average Bonchev–Trinajstić information content (AvgIpc) is 3.77. The molecule has 170 valence electrons. The van der Waals surface area contributed by atoms with Gasteiger partial charge in [0.25, 0.3) is 0 Å². The summed E-state index contributed by atoms with van der Waals surface area (Å²) < 4.78 is 10.3. The number of hydrogen-bond donors (Lipinski definition) is 2. The minimum absolute atomic E-state index is 0.239. The molecule has 3 aromatic rings. The number of nitrogens with one attached hydrogen (secondary N) is 2. The first-order valence-electron chi connectivity index (χ1n) is 11.7. The Bertz CT molecular complexity index is 1220. The maximum absolute atomic E-state index is 13.0. The van der Waals surface area contributed by atoms with Crippen LogP contribution in [0.4, 0.5) is 10.5 Å². The highest BCUT2D eigenvalue weighted by molar-refractivity contribution is 7.97. The first-order chi connectivity index (χ1) is 16.2. The van der Waals surface area contributed by atoms with Gasteiger partial charge in [-0.2, -0.15) is 5.10 Å². The number of benzene rings is 1. The maximum Gasteiger partial charge on any atom is 0.329 e. The Kier molecular flexibility index (Phi) is 5.25. The summed E-state index contributed by atoms with van der Waals surface area (Å²) in [5.74, 6) is 1.22. The van der Waals surface area contributed by atoms with E-state index in [1.807, 2.05) is 29.1 Å². The van der Waals surface area contributed by atoms with Gasteiger partial charge in [-0.05, 0) is 91.3 Å². The van der Waals surface area contributed by atoms with Crippen LogP contribution in [0.5, 0.6) is 5.88 Å². The number of carbonyl (C=O) groups excluding carboxylic acids is 1. The van der Waals surface area contributed by atoms with E-state index in [-0.39, 0.29) is 6.03 Å². The van der Waals surface area contributed by atoms with Crippen molar-refractivity contribution in [2.45, 2.75) is 61.9 Å². The molecule has 1 aromatic carbocycles. The molecule has 2 aromatic heterocycles. The van der Waals surface area contributed by atoms with Crippen LogP contribution in [0.15, 0.2) is 41.7 Å². The number of nitrogens with zero attached hydrogens (tertiary/aromatic N) is 3. The van der Waals surface area contributed by atoms with Gasteiger partial charge in [0.2, 0.25) is 5.88 Å². The quantitative estimate of drug-likeness (QED) is 0.455. The smallest absolute Gasteiger partial charge is 0.329 e.